The maximum Gasteiger partial charge on any atom is 0.0317 e. The molecule has 2 heteroatoms. The van der Waals surface area contributed by atoms with Gasteiger partial charge in [-0.15, -0.1) is 0 Å². The number of nitrogens with zero attached hydrogens (tertiary/aromatic N) is 1. The summed E-state index contributed by atoms with van der Waals surface area (Å²) in [7, 11) is 0. The van der Waals surface area contributed by atoms with Crippen LogP contribution in [0.4, 0.5) is 5.69 Å². The van der Waals surface area contributed by atoms with E-state index >= 15 is 0 Å². The Morgan fingerprint density at radius 1 is 0.950 bits per heavy atom. The summed E-state index contributed by atoms with van der Waals surface area (Å²) in [6.07, 6.45) is 3.81. The highest BCUT2D eigenvalue weighted by atomic mass is 15.2. The molecule has 0 unspecified atom stereocenters. The van der Waals surface area contributed by atoms with Crippen molar-refractivity contribution in [2.24, 2.45) is 0 Å². The van der Waals surface area contributed by atoms with Gasteiger partial charge in [-0.2, -0.15) is 0 Å². The molecular weight excluding hydrogens is 244 g/mol. The molecule has 20 heavy (non-hydrogen) atoms. The molecule has 0 aliphatic heterocycles. The smallest absolute Gasteiger partial charge is 0.0317 e. The highest BCUT2D eigenvalue weighted by Gasteiger charge is 2.28. The standard InChI is InChI=1S/C18H22N2/c19-17-8-4-7-16(13-17)14-20(18-9-10-18)12-11-15-5-2-1-3-6-15/h1-8,13,18H,9-12,14,19H2. The lowest BCUT2D eigenvalue weighted by atomic mass is 10.1. The monoisotopic (exact) mass is 266 g/mol. The van der Waals surface area contributed by atoms with Crippen LogP contribution in [0.2, 0.25) is 0 Å². The fraction of sp³-hybridized carbons (Fsp3) is 0.333. The van der Waals surface area contributed by atoms with Crippen LogP contribution in [0.15, 0.2) is 54.6 Å². The Morgan fingerprint density at radius 2 is 1.70 bits per heavy atom. The molecular formula is C18H22N2. The Bertz CT molecular complexity index is 546. The molecule has 2 nitrogen and oxygen atoms in total. The number of benzene rings is 2. The molecule has 0 aromatic heterocycles. The molecule has 0 amide bonds. The highest BCUT2D eigenvalue weighted by molar-refractivity contribution is 5.40. The van der Waals surface area contributed by atoms with Crippen molar-refractivity contribution in [3.8, 4) is 0 Å². The van der Waals surface area contributed by atoms with Gasteiger partial charge in [0.15, 0.2) is 0 Å². The Hall–Kier alpha value is -1.80. The van der Waals surface area contributed by atoms with Crippen LogP contribution >= 0.6 is 0 Å². The van der Waals surface area contributed by atoms with Gasteiger partial charge in [0.25, 0.3) is 0 Å². The molecule has 0 spiro atoms. The van der Waals surface area contributed by atoms with Crippen molar-refractivity contribution in [2.75, 3.05) is 12.3 Å². The predicted molar refractivity (Wildman–Crippen MR) is 84.4 cm³/mol. The average molecular weight is 266 g/mol. The second-order valence-corrected chi connectivity index (χ2v) is 5.68. The van der Waals surface area contributed by atoms with Crippen molar-refractivity contribution < 1.29 is 0 Å². The normalized spacial score (nSPS) is 14.7. The number of anilines is 1. The van der Waals surface area contributed by atoms with Crippen molar-refractivity contribution in [3.05, 3.63) is 65.7 Å². The van der Waals surface area contributed by atoms with Gasteiger partial charge >= 0.3 is 0 Å². The van der Waals surface area contributed by atoms with Gasteiger partial charge in [-0.25, -0.2) is 0 Å². The van der Waals surface area contributed by atoms with Gasteiger partial charge in [-0.1, -0.05) is 42.5 Å². The Balaban J connectivity index is 1.61. The maximum atomic E-state index is 5.87. The molecule has 2 N–H and O–H groups in total. The van der Waals surface area contributed by atoms with E-state index < -0.39 is 0 Å². The van der Waals surface area contributed by atoms with E-state index in [4.69, 9.17) is 5.73 Å². The lowest BCUT2D eigenvalue weighted by Crippen LogP contribution is -2.28. The minimum absolute atomic E-state index is 0.778. The van der Waals surface area contributed by atoms with E-state index in [2.05, 4.69) is 47.4 Å². The van der Waals surface area contributed by atoms with Crippen molar-refractivity contribution in [1.29, 1.82) is 0 Å². The fourth-order valence-corrected chi connectivity index (χ4v) is 2.67. The summed E-state index contributed by atoms with van der Waals surface area (Å²) in [6, 6.07) is 19.8. The van der Waals surface area contributed by atoms with Gasteiger partial charge in [0.1, 0.15) is 0 Å². The lowest BCUT2D eigenvalue weighted by Gasteiger charge is -2.22. The molecule has 104 valence electrons. The minimum atomic E-state index is 0.778. The van der Waals surface area contributed by atoms with Crippen LogP contribution in [-0.2, 0) is 13.0 Å². The van der Waals surface area contributed by atoms with Crippen LogP contribution in [-0.4, -0.2) is 17.5 Å². The van der Waals surface area contributed by atoms with E-state index in [0.717, 1.165) is 31.2 Å². The van der Waals surface area contributed by atoms with Gasteiger partial charge < -0.3 is 5.73 Å². The quantitative estimate of drug-likeness (QED) is 0.811. The molecule has 0 bridgehead atoms. The first-order valence-corrected chi connectivity index (χ1v) is 7.43. The first-order valence-electron chi connectivity index (χ1n) is 7.43. The van der Waals surface area contributed by atoms with Gasteiger partial charge in [0.2, 0.25) is 0 Å². The van der Waals surface area contributed by atoms with E-state index in [0.29, 0.717) is 0 Å². The summed E-state index contributed by atoms with van der Waals surface area (Å²) in [5, 5.41) is 0. The van der Waals surface area contributed by atoms with Crippen LogP contribution < -0.4 is 5.73 Å². The zero-order chi connectivity index (χ0) is 13.8. The molecule has 0 heterocycles. The van der Waals surface area contributed by atoms with Gasteiger partial charge in [-0.05, 0) is 42.5 Å². The van der Waals surface area contributed by atoms with Crippen LogP contribution in [0.5, 0.6) is 0 Å². The summed E-state index contributed by atoms with van der Waals surface area (Å²) in [5.74, 6) is 0. The first-order chi connectivity index (χ1) is 9.81. The first kappa shape index (κ1) is 13.2. The summed E-state index contributed by atoms with van der Waals surface area (Å²) in [5.41, 5.74) is 9.48. The second kappa shape index (κ2) is 6.10. The Morgan fingerprint density at radius 3 is 2.40 bits per heavy atom. The van der Waals surface area contributed by atoms with E-state index in [9.17, 15) is 0 Å². The van der Waals surface area contributed by atoms with Crippen molar-refractivity contribution in [3.63, 3.8) is 0 Å². The van der Waals surface area contributed by atoms with Gasteiger partial charge in [0.05, 0.1) is 0 Å². The number of nitrogens with two attached hydrogens (primary N) is 1. The van der Waals surface area contributed by atoms with Crippen molar-refractivity contribution in [1.82, 2.24) is 4.90 Å². The Labute approximate surface area is 121 Å². The minimum Gasteiger partial charge on any atom is -0.399 e. The van der Waals surface area contributed by atoms with Crippen LogP contribution in [0.1, 0.15) is 24.0 Å². The average Bonchev–Trinajstić information content (AvgIpc) is 3.29. The summed E-state index contributed by atoms with van der Waals surface area (Å²) in [6.45, 7) is 2.14. The molecule has 1 aliphatic rings. The van der Waals surface area contributed by atoms with E-state index in [-0.39, 0.29) is 0 Å². The molecule has 2 aromatic carbocycles. The van der Waals surface area contributed by atoms with E-state index in [1.807, 2.05) is 12.1 Å². The third-order valence-corrected chi connectivity index (χ3v) is 3.93. The van der Waals surface area contributed by atoms with Crippen LogP contribution in [0.3, 0.4) is 0 Å². The molecule has 3 rings (SSSR count). The predicted octanol–water partition coefficient (Wildman–Crippen LogP) is 3.48. The number of hydrogen-bond donors (Lipinski definition) is 1. The largest absolute Gasteiger partial charge is 0.399 e. The zero-order valence-electron chi connectivity index (χ0n) is 11.8. The molecule has 0 saturated heterocycles. The summed E-state index contributed by atoms with van der Waals surface area (Å²) >= 11 is 0. The molecule has 1 saturated carbocycles. The number of nitrogen functional groups attached to an aromatic ring is 1. The fourth-order valence-electron chi connectivity index (χ4n) is 2.67. The molecule has 0 radical (unpaired) electrons. The summed E-state index contributed by atoms with van der Waals surface area (Å²) < 4.78 is 0. The topological polar surface area (TPSA) is 29.3 Å². The SMILES string of the molecule is Nc1cccc(CN(CCc2ccccc2)C2CC2)c1. The van der Waals surface area contributed by atoms with Crippen molar-refractivity contribution in [2.45, 2.75) is 31.8 Å². The Kier molecular flexibility index (Phi) is 4.03. The number of rotatable bonds is 6. The van der Waals surface area contributed by atoms with E-state index in [1.54, 1.807) is 0 Å². The second-order valence-electron chi connectivity index (χ2n) is 5.68. The van der Waals surface area contributed by atoms with Gasteiger partial charge in [0, 0.05) is 24.8 Å². The summed E-state index contributed by atoms with van der Waals surface area (Å²) in [4.78, 5) is 2.60. The zero-order valence-corrected chi connectivity index (χ0v) is 11.8. The third-order valence-electron chi connectivity index (χ3n) is 3.93. The van der Waals surface area contributed by atoms with Gasteiger partial charge in [-0.3, -0.25) is 4.90 Å². The molecule has 1 aliphatic carbocycles. The molecule has 2 aromatic rings. The van der Waals surface area contributed by atoms with Crippen LogP contribution in [0, 0.1) is 0 Å². The lowest BCUT2D eigenvalue weighted by molar-refractivity contribution is 0.258. The third kappa shape index (κ3) is 3.61. The van der Waals surface area contributed by atoms with E-state index in [1.165, 1.54) is 24.0 Å². The van der Waals surface area contributed by atoms with Crippen LogP contribution in [0.25, 0.3) is 0 Å². The maximum absolute atomic E-state index is 5.87. The number of hydrogen-bond acceptors (Lipinski definition) is 2. The highest BCUT2D eigenvalue weighted by Crippen LogP contribution is 2.28. The van der Waals surface area contributed by atoms with Crippen molar-refractivity contribution >= 4 is 5.69 Å². The molecule has 0 atom stereocenters. The molecule has 1 fully saturated rings.